The minimum Gasteiger partial charge on any atom is -0.389 e. The van der Waals surface area contributed by atoms with Crippen LogP contribution in [-0.2, 0) is 6.42 Å². The standard InChI is InChI=1S/C13H21NO/c1-11-6-4-5-7-12(11)8-9-14-10-13(2,3)15/h4-7,14-15H,8-10H2,1-3H3. The highest BCUT2D eigenvalue weighted by Gasteiger charge is 2.10. The Labute approximate surface area is 92.3 Å². The first-order valence-electron chi connectivity index (χ1n) is 5.47. The van der Waals surface area contributed by atoms with Crippen molar-refractivity contribution in [2.75, 3.05) is 13.1 Å². The zero-order valence-corrected chi connectivity index (χ0v) is 9.88. The third-order valence-corrected chi connectivity index (χ3v) is 2.39. The van der Waals surface area contributed by atoms with E-state index in [-0.39, 0.29) is 0 Å². The van der Waals surface area contributed by atoms with E-state index in [4.69, 9.17) is 0 Å². The van der Waals surface area contributed by atoms with Gasteiger partial charge < -0.3 is 10.4 Å². The van der Waals surface area contributed by atoms with E-state index in [1.54, 1.807) is 0 Å². The molecule has 0 fully saturated rings. The Morgan fingerprint density at radius 2 is 1.93 bits per heavy atom. The summed E-state index contributed by atoms with van der Waals surface area (Å²) in [6, 6.07) is 8.41. The van der Waals surface area contributed by atoms with Gasteiger partial charge in [0.25, 0.3) is 0 Å². The molecule has 2 nitrogen and oxygen atoms in total. The van der Waals surface area contributed by atoms with Gasteiger partial charge >= 0.3 is 0 Å². The van der Waals surface area contributed by atoms with Gasteiger partial charge in [-0.05, 0) is 44.9 Å². The molecule has 1 aromatic rings. The van der Waals surface area contributed by atoms with Gasteiger partial charge in [0.05, 0.1) is 5.60 Å². The van der Waals surface area contributed by atoms with E-state index in [1.165, 1.54) is 11.1 Å². The molecule has 84 valence electrons. The van der Waals surface area contributed by atoms with Crippen molar-refractivity contribution >= 4 is 0 Å². The van der Waals surface area contributed by atoms with Gasteiger partial charge in [-0.1, -0.05) is 24.3 Å². The van der Waals surface area contributed by atoms with Crippen LogP contribution in [0.25, 0.3) is 0 Å². The molecule has 0 unspecified atom stereocenters. The Balaban J connectivity index is 2.30. The predicted octanol–water partition coefficient (Wildman–Crippen LogP) is 1.90. The molecule has 0 radical (unpaired) electrons. The van der Waals surface area contributed by atoms with Crippen molar-refractivity contribution in [3.8, 4) is 0 Å². The maximum absolute atomic E-state index is 9.51. The third-order valence-electron chi connectivity index (χ3n) is 2.39. The molecule has 0 aliphatic rings. The van der Waals surface area contributed by atoms with Crippen molar-refractivity contribution in [2.24, 2.45) is 0 Å². The molecular weight excluding hydrogens is 186 g/mol. The van der Waals surface area contributed by atoms with Crippen LogP contribution >= 0.6 is 0 Å². The number of hydrogen-bond acceptors (Lipinski definition) is 2. The second-order valence-electron chi connectivity index (χ2n) is 4.67. The number of nitrogens with one attached hydrogen (secondary N) is 1. The molecule has 15 heavy (non-hydrogen) atoms. The lowest BCUT2D eigenvalue weighted by Crippen LogP contribution is -2.35. The number of rotatable bonds is 5. The topological polar surface area (TPSA) is 32.3 Å². The highest BCUT2D eigenvalue weighted by Crippen LogP contribution is 2.07. The van der Waals surface area contributed by atoms with Crippen molar-refractivity contribution in [1.82, 2.24) is 5.32 Å². The first-order chi connectivity index (χ1) is 6.99. The highest BCUT2D eigenvalue weighted by molar-refractivity contribution is 5.25. The molecular formula is C13H21NO. The van der Waals surface area contributed by atoms with Crippen LogP contribution in [0.2, 0.25) is 0 Å². The van der Waals surface area contributed by atoms with Crippen LogP contribution in [0, 0.1) is 6.92 Å². The number of aryl methyl sites for hydroxylation is 1. The van der Waals surface area contributed by atoms with Gasteiger partial charge in [0.15, 0.2) is 0 Å². The summed E-state index contributed by atoms with van der Waals surface area (Å²) in [7, 11) is 0. The van der Waals surface area contributed by atoms with Crippen LogP contribution in [0.3, 0.4) is 0 Å². The molecule has 0 aliphatic heterocycles. The predicted molar refractivity (Wildman–Crippen MR) is 64.1 cm³/mol. The Bertz CT molecular complexity index is 302. The van der Waals surface area contributed by atoms with E-state index >= 15 is 0 Å². The SMILES string of the molecule is Cc1ccccc1CCNCC(C)(C)O. The molecule has 0 bridgehead atoms. The lowest BCUT2D eigenvalue weighted by Gasteiger charge is -2.17. The number of hydrogen-bond donors (Lipinski definition) is 2. The first kappa shape index (κ1) is 12.2. The average Bonchev–Trinajstić information content (AvgIpc) is 2.13. The molecule has 0 heterocycles. The van der Waals surface area contributed by atoms with Gasteiger partial charge in [-0.2, -0.15) is 0 Å². The van der Waals surface area contributed by atoms with Crippen molar-refractivity contribution < 1.29 is 5.11 Å². The molecule has 0 saturated carbocycles. The molecule has 2 heteroatoms. The summed E-state index contributed by atoms with van der Waals surface area (Å²) >= 11 is 0. The first-order valence-corrected chi connectivity index (χ1v) is 5.47. The van der Waals surface area contributed by atoms with Crippen molar-refractivity contribution in [2.45, 2.75) is 32.8 Å². The monoisotopic (exact) mass is 207 g/mol. The fourth-order valence-electron chi connectivity index (χ4n) is 1.51. The molecule has 1 rings (SSSR count). The van der Waals surface area contributed by atoms with Crippen LogP contribution in [-0.4, -0.2) is 23.8 Å². The minimum atomic E-state index is -0.619. The second kappa shape index (κ2) is 5.29. The van der Waals surface area contributed by atoms with Crippen LogP contribution in [0.4, 0.5) is 0 Å². The van der Waals surface area contributed by atoms with E-state index in [0.717, 1.165) is 13.0 Å². The number of benzene rings is 1. The smallest absolute Gasteiger partial charge is 0.0715 e. The van der Waals surface area contributed by atoms with Crippen LogP contribution in [0.15, 0.2) is 24.3 Å². The summed E-state index contributed by atoms with van der Waals surface area (Å²) in [6.45, 7) is 7.31. The zero-order valence-electron chi connectivity index (χ0n) is 9.88. The fourth-order valence-corrected chi connectivity index (χ4v) is 1.51. The summed E-state index contributed by atoms with van der Waals surface area (Å²) in [4.78, 5) is 0. The van der Waals surface area contributed by atoms with Crippen LogP contribution < -0.4 is 5.32 Å². The van der Waals surface area contributed by atoms with Crippen molar-refractivity contribution in [1.29, 1.82) is 0 Å². The lowest BCUT2D eigenvalue weighted by molar-refractivity contribution is 0.0801. The van der Waals surface area contributed by atoms with Crippen LogP contribution in [0.5, 0.6) is 0 Å². The molecule has 0 aliphatic carbocycles. The van der Waals surface area contributed by atoms with E-state index in [1.807, 2.05) is 13.8 Å². The molecule has 0 saturated heterocycles. The second-order valence-corrected chi connectivity index (χ2v) is 4.67. The highest BCUT2D eigenvalue weighted by atomic mass is 16.3. The Morgan fingerprint density at radius 1 is 1.27 bits per heavy atom. The summed E-state index contributed by atoms with van der Waals surface area (Å²) < 4.78 is 0. The van der Waals surface area contributed by atoms with Crippen molar-refractivity contribution in [3.05, 3.63) is 35.4 Å². The van der Waals surface area contributed by atoms with E-state index in [2.05, 4.69) is 36.5 Å². The van der Waals surface area contributed by atoms with Crippen LogP contribution in [0.1, 0.15) is 25.0 Å². The van der Waals surface area contributed by atoms with Gasteiger partial charge in [-0.15, -0.1) is 0 Å². The van der Waals surface area contributed by atoms with E-state index in [0.29, 0.717) is 6.54 Å². The molecule has 2 N–H and O–H groups in total. The maximum atomic E-state index is 9.51. The fraction of sp³-hybridized carbons (Fsp3) is 0.538. The van der Waals surface area contributed by atoms with Gasteiger partial charge in [-0.3, -0.25) is 0 Å². The van der Waals surface area contributed by atoms with Gasteiger partial charge in [0.2, 0.25) is 0 Å². The maximum Gasteiger partial charge on any atom is 0.0715 e. The molecule has 0 spiro atoms. The quantitative estimate of drug-likeness (QED) is 0.723. The summed E-state index contributed by atoms with van der Waals surface area (Å²) in [5.41, 5.74) is 2.09. The normalized spacial score (nSPS) is 11.7. The summed E-state index contributed by atoms with van der Waals surface area (Å²) in [6.07, 6.45) is 1.02. The van der Waals surface area contributed by atoms with Gasteiger partial charge in [0, 0.05) is 6.54 Å². The Morgan fingerprint density at radius 3 is 2.53 bits per heavy atom. The Hall–Kier alpha value is -0.860. The van der Waals surface area contributed by atoms with Gasteiger partial charge in [0.1, 0.15) is 0 Å². The molecule has 0 amide bonds. The molecule has 0 aromatic heterocycles. The Kier molecular flexibility index (Phi) is 4.30. The third kappa shape index (κ3) is 4.96. The average molecular weight is 207 g/mol. The largest absolute Gasteiger partial charge is 0.389 e. The van der Waals surface area contributed by atoms with E-state index < -0.39 is 5.60 Å². The minimum absolute atomic E-state index is 0.619. The summed E-state index contributed by atoms with van der Waals surface area (Å²) in [5.74, 6) is 0. The number of aliphatic hydroxyl groups is 1. The summed E-state index contributed by atoms with van der Waals surface area (Å²) in [5, 5.41) is 12.8. The lowest BCUT2D eigenvalue weighted by atomic mass is 10.1. The van der Waals surface area contributed by atoms with E-state index in [9.17, 15) is 5.11 Å². The van der Waals surface area contributed by atoms with Crippen molar-refractivity contribution in [3.63, 3.8) is 0 Å². The van der Waals surface area contributed by atoms with Gasteiger partial charge in [-0.25, -0.2) is 0 Å². The molecule has 1 aromatic carbocycles. The zero-order chi connectivity index (χ0) is 11.3. The molecule has 0 atom stereocenters.